The van der Waals surface area contributed by atoms with E-state index in [4.69, 9.17) is 23.2 Å². The fraction of sp³-hybridized carbons (Fsp3) is 0.200. The molecule has 8 heteroatoms. The van der Waals surface area contributed by atoms with E-state index >= 15 is 0 Å². The van der Waals surface area contributed by atoms with Crippen LogP contribution >= 0.6 is 23.2 Å². The monoisotopic (exact) mass is 362 g/mol. The van der Waals surface area contributed by atoms with Crippen molar-refractivity contribution >= 4 is 34.9 Å². The van der Waals surface area contributed by atoms with Crippen molar-refractivity contribution in [2.24, 2.45) is 0 Å². The van der Waals surface area contributed by atoms with Crippen LogP contribution in [0, 0.1) is 0 Å². The third kappa shape index (κ3) is 4.36. The molecule has 0 unspecified atom stereocenters. The minimum atomic E-state index is -4.47. The molecule has 0 radical (unpaired) electrons. The molecule has 0 fully saturated rings. The quantitative estimate of drug-likeness (QED) is 0.820. The second-order valence-electron chi connectivity index (χ2n) is 4.81. The number of pyridine rings is 1. The highest BCUT2D eigenvalue weighted by molar-refractivity contribution is 6.42. The van der Waals surface area contributed by atoms with E-state index in [1.807, 2.05) is 0 Å². The highest BCUT2D eigenvalue weighted by Gasteiger charge is 2.30. The molecule has 2 rings (SSSR count). The molecule has 1 N–H and O–H groups in total. The summed E-state index contributed by atoms with van der Waals surface area (Å²) in [7, 11) is 0. The standard InChI is InChI=1S/C15H11Cl2F3N2O/c1-8(9-2-4-11(16)12(17)6-9)14(23)22-13-5-3-10(7-21-13)15(18,19)20/h2-8H,1H3,(H,21,22,23)/t8-/m1/s1. The van der Waals surface area contributed by atoms with E-state index in [2.05, 4.69) is 10.3 Å². The predicted molar refractivity (Wildman–Crippen MR) is 82.7 cm³/mol. The molecule has 23 heavy (non-hydrogen) atoms. The maximum absolute atomic E-state index is 12.5. The van der Waals surface area contributed by atoms with Crippen LogP contribution in [0.1, 0.15) is 24.0 Å². The molecular weight excluding hydrogens is 352 g/mol. The molecule has 0 aliphatic heterocycles. The van der Waals surface area contributed by atoms with Crippen LogP contribution in [0.4, 0.5) is 19.0 Å². The molecule has 1 atom stereocenters. The number of aromatic nitrogens is 1. The Kier molecular flexibility index (Phi) is 5.16. The number of carbonyl (C=O) groups excluding carboxylic acids is 1. The number of hydrogen-bond acceptors (Lipinski definition) is 2. The number of amides is 1. The average molecular weight is 363 g/mol. The highest BCUT2D eigenvalue weighted by atomic mass is 35.5. The zero-order valence-corrected chi connectivity index (χ0v) is 13.3. The van der Waals surface area contributed by atoms with Crippen molar-refractivity contribution in [2.75, 3.05) is 5.32 Å². The van der Waals surface area contributed by atoms with Crippen molar-refractivity contribution in [3.8, 4) is 0 Å². The molecule has 1 amide bonds. The summed E-state index contributed by atoms with van der Waals surface area (Å²) < 4.78 is 37.4. The number of rotatable bonds is 3. The van der Waals surface area contributed by atoms with Crippen LogP contribution in [-0.4, -0.2) is 10.9 Å². The fourth-order valence-electron chi connectivity index (χ4n) is 1.80. The van der Waals surface area contributed by atoms with Gasteiger partial charge in [-0.05, 0) is 36.8 Å². The van der Waals surface area contributed by atoms with E-state index < -0.39 is 23.6 Å². The van der Waals surface area contributed by atoms with Gasteiger partial charge in [0, 0.05) is 6.20 Å². The Hall–Kier alpha value is -1.79. The molecule has 0 saturated carbocycles. The van der Waals surface area contributed by atoms with Gasteiger partial charge in [0.15, 0.2) is 0 Å². The first kappa shape index (κ1) is 17.6. The number of nitrogens with one attached hydrogen (secondary N) is 1. The van der Waals surface area contributed by atoms with Crippen LogP contribution in [0.2, 0.25) is 10.0 Å². The lowest BCUT2D eigenvalue weighted by Gasteiger charge is -2.13. The van der Waals surface area contributed by atoms with Gasteiger partial charge in [-0.2, -0.15) is 13.2 Å². The lowest BCUT2D eigenvalue weighted by Crippen LogP contribution is -2.19. The number of anilines is 1. The van der Waals surface area contributed by atoms with Gasteiger partial charge < -0.3 is 5.32 Å². The topological polar surface area (TPSA) is 42.0 Å². The van der Waals surface area contributed by atoms with Gasteiger partial charge in [-0.15, -0.1) is 0 Å². The molecule has 1 aromatic carbocycles. The summed E-state index contributed by atoms with van der Waals surface area (Å²) in [5.74, 6) is -0.959. The largest absolute Gasteiger partial charge is 0.417 e. The normalized spacial score (nSPS) is 12.8. The number of carbonyl (C=O) groups is 1. The number of hydrogen-bond donors (Lipinski definition) is 1. The number of alkyl halides is 3. The van der Waals surface area contributed by atoms with Crippen LogP contribution in [0.5, 0.6) is 0 Å². The van der Waals surface area contributed by atoms with Gasteiger partial charge in [-0.1, -0.05) is 29.3 Å². The van der Waals surface area contributed by atoms with Crippen LogP contribution in [0.15, 0.2) is 36.5 Å². The van der Waals surface area contributed by atoms with Crippen LogP contribution < -0.4 is 5.32 Å². The van der Waals surface area contributed by atoms with E-state index in [9.17, 15) is 18.0 Å². The smallest absolute Gasteiger partial charge is 0.310 e. The first-order valence-corrected chi connectivity index (χ1v) is 7.23. The van der Waals surface area contributed by atoms with Gasteiger partial charge in [0.05, 0.1) is 21.5 Å². The third-order valence-corrected chi connectivity index (χ3v) is 3.92. The second kappa shape index (κ2) is 6.76. The summed E-state index contributed by atoms with van der Waals surface area (Å²) in [5.41, 5.74) is -0.253. The Morgan fingerprint density at radius 2 is 1.87 bits per heavy atom. The molecule has 1 aromatic heterocycles. The van der Waals surface area contributed by atoms with Crippen LogP contribution in [-0.2, 0) is 11.0 Å². The molecule has 0 bridgehead atoms. The Morgan fingerprint density at radius 1 is 1.17 bits per heavy atom. The maximum Gasteiger partial charge on any atom is 0.417 e. The minimum Gasteiger partial charge on any atom is -0.310 e. The van der Waals surface area contributed by atoms with E-state index in [0.29, 0.717) is 21.8 Å². The van der Waals surface area contributed by atoms with E-state index in [0.717, 1.165) is 12.1 Å². The Labute approximate surface area is 140 Å². The summed E-state index contributed by atoms with van der Waals surface area (Å²) >= 11 is 11.7. The second-order valence-corrected chi connectivity index (χ2v) is 5.63. The summed E-state index contributed by atoms with van der Waals surface area (Å²) in [4.78, 5) is 15.7. The van der Waals surface area contributed by atoms with Crippen molar-refractivity contribution in [3.63, 3.8) is 0 Å². The van der Waals surface area contributed by atoms with Crippen molar-refractivity contribution in [1.29, 1.82) is 0 Å². The van der Waals surface area contributed by atoms with Crippen LogP contribution in [0.25, 0.3) is 0 Å². The van der Waals surface area contributed by atoms with Crippen molar-refractivity contribution in [1.82, 2.24) is 4.98 Å². The molecule has 3 nitrogen and oxygen atoms in total. The molecule has 1 heterocycles. The lowest BCUT2D eigenvalue weighted by atomic mass is 10.0. The third-order valence-electron chi connectivity index (χ3n) is 3.18. The summed E-state index contributed by atoms with van der Waals surface area (Å²) in [6.07, 6.45) is -3.80. The summed E-state index contributed by atoms with van der Waals surface area (Å²) in [6, 6.07) is 6.74. The number of halogens is 5. The van der Waals surface area contributed by atoms with Crippen LogP contribution in [0.3, 0.4) is 0 Å². The molecule has 0 spiro atoms. The minimum absolute atomic E-state index is 0.0370. The summed E-state index contributed by atoms with van der Waals surface area (Å²) in [6.45, 7) is 1.64. The SMILES string of the molecule is C[C@@H](C(=O)Nc1ccc(C(F)(F)F)cn1)c1ccc(Cl)c(Cl)c1. The highest BCUT2D eigenvalue weighted by Crippen LogP contribution is 2.29. The zero-order chi connectivity index (χ0) is 17.2. The van der Waals surface area contributed by atoms with Gasteiger partial charge in [0.2, 0.25) is 5.91 Å². The zero-order valence-electron chi connectivity index (χ0n) is 11.8. The molecule has 2 aromatic rings. The van der Waals surface area contributed by atoms with Crippen molar-refractivity contribution in [3.05, 3.63) is 57.7 Å². The number of benzene rings is 1. The Morgan fingerprint density at radius 3 is 2.39 bits per heavy atom. The van der Waals surface area contributed by atoms with Crippen molar-refractivity contribution < 1.29 is 18.0 Å². The van der Waals surface area contributed by atoms with Gasteiger partial charge in [0.25, 0.3) is 0 Å². The van der Waals surface area contributed by atoms with E-state index in [1.54, 1.807) is 25.1 Å². The van der Waals surface area contributed by atoms with Gasteiger partial charge >= 0.3 is 6.18 Å². The number of nitrogens with zero attached hydrogens (tertiary/aromatic N) is 1. The Balaban J connectivity index is 2.10. The molecule has 0 aliphatic rings. The first-order chi connectivity index (χ1) is 10.7. The molecule has 0 saturated heterocycles. The van der Waals surface area contributed by atoms with Crippen molar-refractivity contribution in [2.45, 2.75) is 19.0 Å². The van der Waals surface area contributed by atoms with Gasteiger partial charge in [-0.25, -0.2) is 4.98 Å². The van der Waals surface area contributed by atoms with Gasteiger partial charge in [0.1, 0.15) is 5.82 Å². The van der Waals surface area contributed by atoms with E-state index in [1.165, 1.54) is 0 Å². The Bertz CT molecular complexity index is 718. The molecule has 0 aliphatic carbocycles. The first-order valence-electron chi connectivity index (χ1n) is 6.47. The van der Waals surface area contributed by atoms with Gasteiger partial charge in [-0.3, -0.25) is 4.79 Å². The van der Waals surface area contributed by atoms with E-state index in [-0.39, 0.29) is 5.82 Å². The average Bonchev–Trinajstić information content (AvgIpc) is 2.49. The fourth-order valence-corrected chi connectivity index (χ4v) is 2.11. The maximum atomic E-state index is 12.5. The molecule has 122 valence electrons. The molecular formula is C15H11Cl2F3N2O. The summed E-state index contributed by atoms with van der Waals surface area (Å²) in [5, 5.41) is 3.14. The lowest BCUT2D eigenvalue weighted by molar-refractivity contribution is -0.137. The predicted octanol–water partition coefficient (Wildman–Crippen LogP) is 5.15.